The number of hydrogen-bond acceptors (Lipinski definition) is 4. The van der Waals surface area contributed by atoms with E-state index in [0.29, 0.717) is 6.04 Å². The van der Waals surface area contributed by atoms with Crippen LogP contribution in [-0.4, -0.2) is 41.0 Å². The molecule has 0 spiro atoms. The van der Waals surface area contributed by atoms with Gasteiger partial charge in [0.15, 0.2) is 0 Å². The molecule has 4 N–H and O–H groups in total. The van der Waals surface area contributed by atoms with Crippen molar-refractivity contribution in [1.82, 2.24) is 5.32 Å². The number of carbonyl (C=O) groups excluding carboxylic acids is 1. The normalized spacial score (nSPS) is 22.0. The molecular formula is C21H35F3N2O4. The third-order valence-electron chi connectivity index (χ3n) is 4.24. The van der Waals surface area contributed by atoms with E-state index in [0.717, 1.165) is 32.1 Å². The molecule has 0 aromatic heterocycles. The molecule has 30 heavy (non-hydrogen) atoms. The van der Waals surface area contributed by atoms with Gasteiger partial charge in [-0.25, -0.2) is 9.59 Å². The SMILES string of the molecule is C=C1CCC[C@@H](N)C1.C=C1CCC[C@@H](NC(=O)OC(C)(C)C)C1.O=C(O)C(F)(F)F. The molecule has 2 atom stereocenters. The average Bonchev–Trinajstić information content (AvgIpc) is 2.53. The van der Waals surface area contributed by atoms with Gasteiger partial charge < -0.3 is 20.9 Å². The van der Waals surface area contributed by atoms with Crippen LogP contribution in [0, 0.1) is 0 Å². The summed E-state index contributed by atoms with van der Waals surface area (Å²) in [5.74, 6) is -2.76. The zero-order valence-corrected chi connectivity index (χ0v) is 18.1. The molecule has 2 aliphatic carbocycles. The summed E-state index contributed by atoms with van der Waals surface area (Å²) in [5, 5.41) is 10.0. The van der Waals surface area contributed by atoms with Crippen LogP contribution >= 0.6 is 0 Å². The van der Waals surface area contributed by atoms with Gasteiger partial charge in [0.1, 0.15) is 5.60 Å². The minimum Gasteiger partial charge on any atom is -0.475 e. The van der Waals surface area contributed by atoms with Gasteiger partial charge in [-0.2, -0.15) is 13.2 Å². The standard InChI is InChI=1S/C12H21NO2.C7H13N.C2HF3O2/c1-9-6-5-7-10(8-9)13-11(14)15-12(2,3)4;1-6-3-2-4-7(8)5-6;3-2(4,5)1(6)7/h10H,1,5-8H2,2-4H3,(H,13,14);7H,1-5,8H2;(H,6,7)/t10-;7-;/m11./s1. The Morgan fingerprint density at radius 2 is 1.53 bits per heavy atom. The van der Waals surface area contributed by atoms with Gasteiger partial charge in [-0.05, 0) is 72.1 Å². The summed E-state index contributed by atoms with van der Waals surface area (Å²) >= 11 is 0. The maximum Gasteiger partial charge on any atom is 0.490 e. The first kappa shape index (κ1) is 28.0. The summed E-state index contributed by atoms with van der Waals surface area (Å²) in [6.45, 7) is 13.4. The Kier molecular flexibility index (Phi) is 11.8. The number of hydrogen-bond donors (Lipinski definition) is 3. The van der Waals surface area contributed by atoms with E-state index in [2.05, 4.69) is 18.5 Å². The second kappa shape index (κ2) is 12.6. The highest BCUT2D eigenvalue weighted by Crippen LogP contribution is 2.22. The van der Waals surface area contributed by atoms with Crippen LogP contribution in [0.5, 0.6) is 0 Å². The Hall–Kier alpha value is -2.03. The molecule has 0 aliphatic heterocycles. The lowest BCUT2D eigenvalue weighted by Crippen LogP contribution is -2.40. The summed E-state index contributed by atoms with van der Waals surface area (Å²) in [6.07, 6.45) is 3.41. The third kappa shape index (κ3) is 14.9. The Bertz CT molecular complexity index is 598. The van der Waals surface area contributed by atoms with Crippen LogP contribution in [0.2, 0.25) is 0 Å². The fourth-order valence-electron chi connectivity index (χ4n) is 2.94. The van der Waals surface area contributed by atoms with Crippen LogP contribution in [0.15, 0.2) is 24.3 Å². The van der Waals surface area contributed by atoms with Crippen LogP contribution < -0.4 is 11.1 Å². The highest BCUT2D eigenvalue weighted by Gasteiger charge is 2.38. The van der Waals surface area contributed by atoms with Crippen LogP contribution in [0.4, 0.5) is 18.0 Å². The predicted octanol–water partition coefficient (Wildman–Crippen LogP) is 5.09. The monoisotopic (exact) mass is 436 g/mol. The van der Waals surface area contributed by atoms with Crippen molar-refractivity contribution in [2.75, 3.05) is 0 Å². The van der Waals surface area contributed by atoms with Crippen molar-refractivity contribution in [3.63, 3.8) is 0 Å². The highest BCUT2D eigenvalue weighted by molar-refractivity contribution is 5.73. The molecule has 2 rings (SSSR count). The topological polar surface area (TPSA) is 102 Å². The fraction of sp³-hybridized carbons (Fsp3) is 0.714. The molecule has 0 aromatic carbocycles. The van der Waals surface area contributed by atoms with Gasteiger partial charge in [-0.3, -0.25) is 0 Å². The van der Waals surface area contributed by atoms with E-state index in [1.54, 1.807) is 0 Å². The minimum absolute atomic E-state index is 0.209. The van der Waals surface area contributed by atoms with E-state index < -0.39 is 17.7 Å². The molecule has 9 heteroatoms. The lowest BCUT2D eigenvalue weighted by molar-refractivity contribution is -0.192. The molecule has 2 saturated carbocycles. The molecule has 0 unspecified atom stereocenters. The van der Waals surface area contributed by atoms with E-state index in [1.165, 1.54) is 30.4 Å². The summed E-state index contributed by atoms with van der Waals surface area (Å²) < 4.78 is 36.9. The Balaban J connectivity index is 0.000000471. The zero-order valence-electron chi connectivity index (χ0n) is 18.1. The number of alkyl halides is 3. The van der Waals surface area contributed by atoms with E-state index in [-0.39, 0.29) is 12.1 Å². The minimum atomic E-state index is -5.08. The van der Waals surface area contributed by atoms with Gasteiger partial charge in [0.25, 0.3) is 0 Å². The van der Waals surface area contributed by atoms with Gasteiger partial charge in [-0.15, -0.1) is 0 Å². The Labute approximate surface area is 176 Å². The second-order valence-electron chi connectivity index (χ2n) is 8.60. The summed E-state index contributed by atoms with van der Waals surface area (Å²) in [5.41, 5.74) is 7.80. The van der Waals surface area contributed by atoms with Crippen LogP contribution in [0.25, 0.3) is 0 Å². The first-order valence-electron chi connectivity index (χ1n) is 9.98. The molecule has 0 saturated heterocycles. The number of amides is 1. The van der Waals surface area contributed by atoms with Crippen molar-refractivity contribution in [1.29, 1.82) is 0 Å². The number of aliphatic carboxylic acids is 1. The van der Waals surface area contributed by atoms with Crippen LogP contribution in [0.1, 0.15) is 72.1 Å². The number of ether oxygens (including phenoxy) is 1. The number of carboxylic acids is 1. The number of rotatable bonds is 1. The summed E-state index contributed by atoms with van der Waals surface area (Å²) in [7, 11) is 0. The molecular weight excluding hydrogens is 401 g/mol. The lowest BCUT2D eigenvalue weighted by Gasteiger charge is -2.26. The maximum atomic E-state index is 11.5. The van der Waals surface area contributed by atoms with Gasteiger partial charge in [-0.1, -0.05) is 24.3 Å². The van der Waals surface area contributed by atoms with E-state index >= 15 is 0 Å². The van der Waals surface area contributed by atoms with Crippen molar-refractivity contribution < 1.29 is 32.6 Å². The fourth-order valence-corrected chi connectivity index (χ4v) is 2.94. The predicted molar refractivity (Wildman–Crippen MR) is 110 cm³/mol. The average molecular weight is 437 g/mol. The van der Waals surface area contributed by atoms with E-state index in [4.69, 9.17) is 20.4 Å². The van der Waals surface area contributed by atoms with Gasteiger partial charge in [0.05, 0.1) is 0 Å². The maximum absolute atomic E-state index is 11.5. The zero-order chi connectivity index (χ0) is 23.5. The smallest absolute Gasteiger partial charge is 0.475 e. The molecule has 0 bridgehead atoms. The number of carbonyl (C=O) groups is 2. The number of halogens is 3. The molecule has 6 nitrogen and oxygen atoms in total. The Morgan fingerprint density at radius 1 is 1.07 bits per heavy atom. The molecule has 0 heterocycles. The highest BCUT2D eigenvalue weighted by atomic mass is 19.4. The van der Waals surface area contributed by atoms with E-state index in [9.17, 15) is 18.0 Å². The summed E-state index contributed by atoms with van der Waals surface area (Å²) in [6, 6.07) is 0.623. The van der Waals surface area contributed by atoms with Crippen molar-refractivity contribution >= 4 is 12.1 Å². The summed E-state index contributed by atoms with van der Waals surface area (Å²) in [4.78, 5) is 20.4. The number of carboxylic acid groups (broad SMARTS) is 1. The molecule has 1 amide bonds. The van der Waals surface area contributed by atoms with Gasteiger partial charge >= 0.3 is 18.2 Å². The van der Waals surface area contributed by atoms with Crippen molar-refractivity contribution in [3.8, 4) is 0 Å². The van der Waals surface area contributed by atoms with Crippen LogP contribution in [-0.2, 0) is 9.53 Å². The second-order valence-corrected chi connectivity index (χ2v) is 8.60. The van der Waals surface area contributed by atoms with Gasteiger partial charge in [0, 0.05) is 12.1 Å². The molecule has 174 valence electrons. The number of nitrogens with two attached hydrogens (primary N) is 1. The van der Waals surface area contributed by atoms with Crippen molar-refractivity contribution in [2.45, 2.75) is 96.0 Å². The molecule has 0 radical (unpaired) electrons. The first-order chi connectivity index (χ1) is 13.6. The largest absolute Gasteiger partial charge is 0.490 e. The first-order valence-corrected chi connectivity index (χ1v) is 9.98. The molecule has 2 aliphatic rings. The number of nitrogens with one attached hydrogen (secondary N) is 1. The van der Waals surface area contributed by atoms with Crippen molar-refractivity contribution in [3.05, 3.63) is 24.3 Å². The van der Waals surface area contributed by atoms with E-state index in [1.807, 2.05) is 20.8 Å². The molecule has 0 aromatic rings. The lowest BCUT2D eigenvalue weighted by atomic mass is 9.92. The van der Waals surface area contributed by atoms with Gasteiger partial charge in [0.2, 0.25) is 0 Å². The number of alkyl carbamates (subject to hydrolysis) is 1. The van der Waals surface area contributed by atoms with Crippen LogP contribution in [0.3, 0.4) is 0 Å². The van der Waals surface area contributed by atoms with Crippen molar-refractivity contribution in [2.24, 2.45) is 5.73 Å². The Morgan fingerprint density at radius 3 is 1.87 bits per heavy atom. The quantitative estimate of drug-likeness (QED) is 0.497. The third-order valence-corrected chi connectivity index (χ3v) is 4.24. The molecule has 2 fully saturated rings.